The van der Waals surface area contributed by atoms with Crippen LogP contribution in [0, 0.1) is 23.7 Å². The highest BCUT2D eigenvalue weighted by Gasteiger charge is 2.62. The van der Waals surface area contributed by atoms with Crippen molar-refractivity contribution in [1.82, 2.24) is 55.1 Å². The van der Waals surface area contributed by atoms with Crippen molar-refractivity contribution in [2.45, 2.75) is 109 Å². The van der Waals surface area contributed by atoms with Gasteiger partial charge in [-0.25, -0.2) is 9.48 Å². The van der Waals surface area contributed by atoms with Gasteiger partial charge >= 0.3 is 17.9 Å². The molecule has 0 radical (unpaired) electrons. The second-order valence-corrected chi connectivity index (χ2v) is 27.9. The molecule has 0 unspecified atom stereocenters. The summed E-state index contributed by atoms with van der Waals surface area (Å²) in [6.45, 7) is 15.4. The number of nitrogens with one attached hydrogen (secondary N) is 3. The van der Waals surface area contributed by atoms with Crippen molar-refractivity contribution in [3.8, 4) is 28.4 Å². The van der Waals surface area contributed by atoms with Crippen LogP contribution in [0.25, 0.3) is 16.9 Å². The van der Waals surface area contributed by atoms with Gasteiger partial charge in [0, 0.05) is 117 Å². The van der Waals surface area contributed by atoms with Crippen molar-refractivity contribution in [2.75, 3.05) is 179 Å². The van der Waals surface area contributed by atoms with Gasteiger partial charge in [-0.3, -0.25) is 53.2 Å². The summed E-state index contributed by atoms with van der Waals surface area (Å²) in [4.78, 5) is 116. The van der Waals surface area contributed by atoms with Gasteiger partial charge in [0.25, 0.3) is 11.8 Å². The fourth-order valence-electron chi connectivity index (χ4n) is 14.7. The maximum atomic E-state index is 14.6. The monoisotopic (exact) mass is 1410 g/mol. The molecule has 4 saturated carbocycles. The van der Waals surface area contributed by atoms with Crippen LogP contribution in [0.15, 0.2) is 54.8 Å². The smallest absolute Gasteiger partial charge is 0.330 e. The number of benzene rings is 2. The van der Waals surface area contributed by atoms with Crippen LogP contribution >= 0.6 is 0 Å². The average molecular weight is 1410 g/mol. The molecule has 3 aromatic rings. The summed E-state index contributed by atoms with van der Waals surface area (Å²) in [5.74, 6) is -2.76. The number of nitrogens with zero attached hydrogens (tertiary/aromatic N) is 8. The molecule has 0 atom stereocenters. The van der Waals surface area contributed by atoms with Gasteiger partial charge in [-0.15, -0.1) is 0 Å². The third-order valence-electron chi connectivity index (χ3n) is 19.7. The summed E-state index contributed by atoms with van der Waals surface area (Å²) in [5.41, 5.74) is 1.50. The molecule has 28 heteroatoms. The number of aliphatic hydroxyl groups excluding tert-OH is 1. The Bertz CT molecular complexity index is 3150. The lowest BCUT2D eigenvalue weighted by Gasteiger charge is -2.59. The number of hydrogen-bond donors (Lipinski definition) is 7. The standard InChI is InChI=1S/C73H111N11O17/c1-51(2)59-45-55(17-19-61(59)84-62(69-63(97-6)15-10-16-64(69)98-7)46-60(77-84)70(93)76-73(72(95)96)56-41-53-40-54(43-56)44-57(73)42-53)71(94)83(25-13-23-78(4)5)24-11-21-74-65(87)20-18-58(86)14-8-9-34-99-36-38-101-39-37-100-35-12-22-75-66(88)48-80-28-26-79(47-52(3)85)27-30-81(49-67(89)90)32-33-82(31-29-80)50-68(91)92/h10,15-17,19,45-46,51,53-54,56-57,85H,3,8-9,11-14,18,20-44,47-50H2,1-2,4-7H3,(H,74,87)(H,75,88)(H,76,93)(H,89,90)(H,91,92)(H,95,96). The molecule has 4 bridgehead atoms. The van der Waals surface area contributed by atoms with E-state index < -0.39 is 29.4 Å². The first-order valence-corrected chi connectivity index (χ1v) is 35.9. The molecule has 1 aromatic heterocycles. The summed E-state index contributed by atoms with van der Waals surface area (Å²) in [7, 11) is 7.05. The van der Waals surface area contributed by atoms with Gasteiger partial charge in [-0.05, 0) is 156 Å². The topological polar surface area (TPSA) is 337 Å². The number of Topliss-reactive ketones (excluding diaryl/α,β-unsaturated/α-hetero) is 1. The van der Waals surface area contributed by atoms with Crippen molar-refractivity contribution in [1.29, 1.82) is 0 Å². The SMILES string of the molecule is C=C(O)CN1CCN(CC(=O)O)CCN(CC(=O)O)CCN(CC(=O)NCCCOCCOCCOCCCCC(=O)CCC(=O)NCCCN(CCCN(C)C)C(=O)c2ccc(-n3nc(C(=O)NC4(C(=O)O)C5CC6CC(C5)CC4C6)cc3-c3c(OC)cccc3OC)c(C(C)C)c2)CC1. The van der Waals surface area contributed by atoms with Crippen LogP contribution in [0.4, 0.5) is 0 Å². The molecule has 0 spiro atoms. The Kier molecular flexibility index (Phi) is 32.7. The molecular weight excluding hydrogens is 1300 g/mol. The number of aromatic nitrogens is 2. The number of unbranched alkanes of at least 4 members (excludes halogenated alkanes) is 1. The minimum Gasteiger partial charge on any atom is -0.512 e. The number of rotatable bonds is 43. The quantitative estimate of drug-likeness (QED) is 0.0285. The van der Waals surface area contributed by atoms with Gasteiger partial charge < -0.3 is 69.9 Å². The Morgan fingerprint density at radius 2 is 1.13 bits per heavy atom. The van der Waals surface area contributed by atoms with Crippen LogP contribution in [-0.2, 0) is 43.0 Å². The van der Waals surface area contributed by atoms with Crippen molar-refractivity contribution in [3.63, 3.8) is 0 Å². The zero-order valence-electron chi connectivity index (χ0n) is 60.3. The summed E-state index contributed by atoms with van der Waals surface area (Å²) in [6, 6.07) is 12.5. The minimum absolute atomic E-state index is 0.00628. The molecule has 1 saturated heterocycles. The summed E-state index contributed by atoms with van der Waals surface area (Å²) in [6.07, 6.45) is 7.81. The highest BCUT2D eigenvalue weighted by Crippen LogP contribution is 2.58. The van der Waals surface area contributed by atoms with Crippen LogP contribution in [-0.4, -0.2) is 292 Å². The van der Waals surface area contributed by atoms with Crippen LogP contribution < -0.4 is 25.4 Å². The Balaban J connectivity index is 0.789. The van der Waals surface area contributed by atoms with Crippen LogP contribution in [0.5, 0.6) is 11.5 Å². The van der Waals surface area contributed by atoms with Crippen molar-refractivity contribution >= 4 is 47.3 Å². The van der Waals surface area contributed by atoms with E-state index in [-0.39, 0.29) is 91.7 Å². The van der Waals surface area contributed by atoms with Crippen LogP contribution in [0.2, 0.25) is 0 Å². The minimum atomic E-state index is -1.39. The average Bonchev–Trinajstić information content (AvgIpc) is 1.22. The Hall–Kier alpha value is -7.57. The van der Waals surface area contributed by atoms with Gasteiger partial charge in [0.05, 0.1) is 89.5 Å². The number of ether oxygens (including phenoxy) is 5. The lowest BCUT2D eigenvalue weighted by molar-refractivity contribution is -0.163. The third-order valence-corrected chi connectivity index (χ3v) is 19.7. The predicted octanol–water partition coefficient (Wildman–Crippen LogP) is 5.13. The molecule has 2 heterocycles. The maximum Gasteiger partial charge on any atom is 0.330 e. The maximum absolute atomic E-state index is 14.6. The fourth-order valence-corrected chi connectivity index (χ4v) is 14.7. The van der Waals surface area contributed by atoms with Gasteiger partial charge in [0.2, 0.25) is 11.8 Å². The highest BCUT2D eigenvalue weighted by atomic mass is 16.5. The van der Waals surface area contributed by atoms with Gasteiger partial charge in [-0.2, -0.15) is 5.10 Å². The molecule has 8 rings (SSSR count). The first-order chi connectivity index (χ1) is 48.5. The van der Waals surface area contributed by atoms with E-state index in [9.17, 15) is 58.8 Å². The van der Waals surface area contributed by atoms with E-state index in [1.807, 2.05) is 49.9 Å². The van der Waals surface area contributed by atoms with Crippen molar-refractivity contribution in [3.05, 3.63) is 71.6 Å². The van der Waals surface area contributed by atoms with E-state index in [1.165, 1.54) is 0 Å². The van der Waals surface area contributed by atoms with E-state index in [2.05, 4.69) is 27.4 Å². The van der Waals surface area contributed by atoms with Crippen molar-refractivity contribution < 1.29 is 82.5 Å². The number of ketones is 1. The molecule has 5 fully saturated rings. The predicted molar refractivity (Wildman–Crippen MR) is 379 cm³/mol. The number of aliphatic carboxylic acids is 3. The van der Waals surface area contributed by atoms with Gasteiger partial charge in [0.15, 0.2) is 5.69 Å². The zero-order valence-corrected chi connectivity index (χ0v) is 60.3. The Morgan fingerprint density at radius 3 is 1.66 bits per heavy atom. The van der Waals surface area contributed by atoms with E-state index in [4.69, 9.17) is 28.8 Å². The first kappa shape index (κ1) is 80.7. The molecule has 5 aliphatic rings. The van der Waals surface area contributed by atoms with E-state index in [1.54, 1.807) is 63.9 Å². The zero-order chi connectivity index (χ0) is 73.0. The van der Waals surface area contributed by atoms with Gasteiger partial charge in [-0.1, -0.05) is 26.5 Å². The number of carbonyl (C=O) groups is 8. The molecule has 28 nitrogen and oxygen atoms in total. The van der Waals surface area contributed by atoms with Crippen molar-refractivity contribution in [2.24, 2.45) is 23.7 Å². The fraction of sp³-hybridized carbons (Fsp3) is 0.658. The summed E-state index contributed by atoms with van der Waals surface area (Å²) < 4.78 is 30.4. The molecule has 7 N–H and O–H groups in total. The molecule has 4 aliphatic carbocycles. The van der Waals surface area contributed by atoms with Crippen LogP contribution in [0.3, 0.4) is 0 Å². The number of aliphatic hydroxyl groups is 1. The second kappa shape index (κ2) is 40.9. The number of hydrogen-bond acceptors (Lipinski definition) is 20. The third kappa shape index (κ3) is 24.8. The normalized spacial score (nSPS) is 19.9. The Morgan fingerprint density at radius 1 is 0.604 bits per heavy atom. The van der Waals surface area contributed by atoms with E-state index in [0.717, 1.165) is 44.2 Å². The lowest BCUT2D eigenvalue weighted by Crippen LogP contribution is -2.70. The molecule has 1 aliphatic heterocycles. The number of carboxylic acids is 3. The van der Waals surface area contributed by atoms with E-state index >= 15 is 0 Å². The molecule has 560 valence electrons. The molecule has 4 amide bonds. The van der Waals surface area contributed by atoms with E-state index in [0.29, 0.717) is 203 Å². The number of methoxy groups -OCH3 is 2. The summed E-state index contributed by atoms with van der Waals surface area (Å²) in [5, 5.41) is 53.7. The van der Waals surface area contributed by atoms with Gasteiger partial charge in [0.1, 0.15) is 22.8 Å². The van der Waals surface area contributed by atoms with Crippen LogP contribution in [0.1, 0.15) is 130 Å². The first-order valence-electron chi connectivity index (χ1n) is 35.9. The Labute approximate surface area is 594 Å². The molecule has 101 heavy (non-hydrogen) atoms. The highest BCUT2D eigenvalue weighted by molar-refractivity contribution is 5.99. The number of carbonyl (C=O) groups excluding carboxylic acids is 5. The molecule has 2 aromatic carbocycles. The molecular formula is C73H111N11O17. The number of amides is 4. The number of carboxylic acid groups (broad SMARTS) is 3. The largest absolute Gasteiger partial charge is 0.512 e. The lowest BCUT2D eigenvalue weighted by atomic mass is 9.48. The second-order valence-electron chi connectivity index (χ2n) is 27.9. The summed E-state index contributed by atoms with van der Waals surface area (Å²) >= 11 is 0.